The zero-order valence-corrected chi connectivity index (χ0v) is 12.8. The molecule has 3 nitrogen and oxygen atoms in total. The highest BCUT2D eigenvalue weighted by Gasteiger charge is 2.22. The van der Waals surface area contributed by atoms with E-state index in [1.54, 1.807) is 48.5 Å². The summed E-state index contributed by atoms with van der Waals surface area (Å²) in [6.45, 7) is 7.44. The Labute approximate surface area is 130 Å². The quantitative estimate of drug-likeness (QED) is 0.509. The van der Waals surface area contributed by atoms with E-state index in [0.717, 1.165) is 5.56 Å². The lowest BCUT2D eigenvalue weighted by molar-refractivity contribution is 0.496. The molecule has 0 atom stereocenters. The Bertz CT molecular complexity index is 832. The van der Waals surface area contributed by atoms with Gasteiger partial charge in [-0.25, -0.2) is 0 Å². The lowest BCUT2D eigenvalue weighted by atomic mass is 9.97. The first-order valence-electron chi connectivity index (χ1n) is 6.60. The molecule has 2 aromatic rings. The minimum absolute atomic E-state index is 0.169. The molecule has 0 amide bonds. The van der Waals surface area contributed by atoms with E-state index in [1.165, 1.54) is 6.08 Å². The molecule has 0 spiro atoms. The first kappa shape index (κ1) is 15.9. The van der Waals surface area contributed by atoms with Crippen LogP contribution < -0.4 is 0 Å². The fourth-order valence-electron chi connectivity index (χ4n) is 2.28. The fraction of sp³-hybridized carbons (Fsp3) is 0. The van der Waals surface area contributed by atoms with Crippen molar-refractivity contribution in [3.05, 3.63) is 90.5 Å². The van der Waals surface area contributed by atoms with Crippen LogP contribution in [0.4, 0.5) is 0 Å². The van der Waals surface area contributed by atoms with Gasteiger partial charge in [-0.1, -0.05) is 79.9 Å². The van der Waals surface area contributed by atoms with Crippen LogP contribution in [-0.4, -0.2) is 13.0 Å². The molecular weight excluding hydrogens is 296 g/mol. The van der Waals surface area contributed by atoms with E-state index in [1.807, 2.05) is 12.1 Å². The van der Waals surface area contributed by atoms with E-state index in [9.17, 15) is 13.0 Å². The molecule has 0 aromatic heterocycles. The van der Waals surface area contributed by atoms with Crippen LogP contribution in [0.5, 0.6) is 0 Å². The Hall–Kier alpha value is -2.43. The molecule has 2 aromatic carbocycles. The molecule has 0 saturated carbocycles. The van der Waals surface area contributed by atoms with Gasteiger partial charge in [-0.2, -0.15) is 8.42 Å². The molecule has 112 valence electrons. The summed E-state index contributed by atoms with van der Waals surface area (Å²) in [7, 11) is -4.43. The van der Waals surface area contributed by atoms with E-state index < -0.39 is 10.1 Å². The van der Waals surface area contributed by atoms with Gasteiger partial charge in [0.05, 0.1) is 0 Å². The molecule has 0 saturated heterocycles. The summed E-state index contributed by atoms with van der Waals surface area (Å²) in [6.07, 6.45) is 3.06. The van der Waals surface area contributed by atoms with Crippen molar-refractivity contribution in [2.24, 2.45) is 0 Å². The lowest BCUT2D eigenvalue weighted by Gasteiger charge is -2.13. The maximum Gasteiger partial charge on any atom is 0.295 e. The summed E-state index contributed by atoms with van der Waals surface area (Å²) in [5, 5.41) is 0. The highest BCUT2D eigenvalue weighted by molar-refractivity contribution is 7.95. The monoisotopic (exact) mass is 312 g/mol. The largest absolute Gasteiger partial charge is 0.295 e. The Kier molecular flexibility index (Phi) is 4.75. The molecule has 0 bridgehead atoms. The summed E-state index contributed by atoms with van der Waals surface area (Å²) in [5.74, 6) is 0. The van der Waals surface area contributed by atoms with Gasteiger partial charge in [0.2, 0.25) is 0 Å². The van der Waals surface area contributed by atoms with Crippen LogP contribution in [0.3, 0.4) is 0 Å². The van der Waals surface area contributed by atoms with Crippen LogP contribution >= 0.6 is 0 Å². The molecule has 0 heterocycles. The third-order valence-corrected chi connectivity index (χ3v) is 4.19. The van der Waals surface area contributed by atoms with E-state index in [4.69, 9.17) is 0 Å². The van der Waals surface area contributed by atoms with E-state index in [-0.39, 0.29) is 4.91 Å². The summed E-state index contributed by atoms with van der Waals surface area (Å²) < 4.78 is 33.6. The number of rotatable bonds is 5. The molecule has 0 aliphatic rings. The highest BCUT2D eigenvalue weighted by Crippen LogP contribution is 2.33. The van der Waals surface area contributed by atoms with Gasteiger partial charge in [-0.05, 0) is 16.7 Å². The third-order valence-electron chi connectivity index (χ3n) is 3.21. The first-order valence-corrected chi connectivity index (χ1v) is 8.04. The van der Waals surface area contributed by atoms with Gasteiger partial charge in [0.15, 0.2) is 0 Å². The van der Waals surface area contributed by atoms with Crippen LogP contribution in [0.1, 0.15) is 16.7 Å². The molecule has 22 heavy (non-hydrogen) atoms. The highest BCUT2D eigenvalue weighted by atomic mass is 32.2. The third kappa shape index (κ3) is 3.24. The Balaban J connectivity index is 2.88. The summed E-state index contributed by atoms with van der Waals surface area (Å²) in [5.41, 5.74) is 2.14. The zero-order chi connectivity index (χ0) is 16.2. The molecule has 0 radical (unpaired) electrons. The molecule has 2 rings (SSSR count). The number of hydrogen-bond acceptors (Lipinski definition) is 2. The average molecular weight is 312 g/mol. The smallest absolute Gasteiger partial charge is 0.282 e. The molecule has 0 fully saturated rings. The van der Waals surface area contributed by atoms with Crippen LogP contribution in [0.2, 0.25) is 0 Å². The van der Waals surface area contributed by atoms with Crippen molar-refractivity contribution in [3.8, 4) is 0 Å². The molecule has 0 aliphatic carbocycles. The van der Waals surface area contributed by atoms with E-state index >= 15 is 0 Å². The van der Waals surface area contributed by atoms with Crippen LogP contribution in [-0.2, 0) is 10.1 Å². The SMILES string of the molecule is C=CC(=C(c1ccccc1)S(=O)(=O)O)c1ccccc1C=C. The minimum Gasteiger partial charge on any atom is -0.282 e. The van der Waals surface area contributed by atoms with Crippen molar-refractivity contribution in [1.29, 1.82) is 0 Å². The topological polar surface area (TPSA) is 54.4 Å². The predicted molar refractivity (Wildman–Crippen MR) is 91.5 cm³/mol. The van der Waals surface area contributed by atoms with E-state index in [2.05, 4.69) is 13.2 Å². The molecule has 4 heteroatoms. The van der Waals surface area contributed by atoms with Crippen LogP contribution in [0.15, 0.2) is 73.8 Å². The Morgan fingerprint density at radius 3 is 2.09 bits per heavy atom. The number of benzene rings is 2. The lowest BCUT2D eigenvalue weighted by Crippen LogP contribution is -2.04. The summed E-state index contributed by atoms with van der Waals surface area (Å²) in [4.78, 5) is -0.169. The fourth-order valence-corrected chi connectivity index (χ4v) is 3.18. The second-order valence-corrected chi connectivity index (χ2v) is 5.94. The van der Waals surface area contributed by atoms with Gasteiger partial charge < -0.3 is 0 Å². The zero-order valence-electron chi connectivity index (χ0n) is 11.9. The van der Waals surface area contributed by atoms with Crippen LogP contribution in [0.25, 0.3) is 16.6 Å². The average Bonchev–Trinajstić information content (AvgIpc) is 2.52. The molecule has 0 aliphatic heterocycles. The maximum absolute atomic E-state index is 11.9. The van der Waals surface area contributed by atoms with Gasteiger partial charge in [0.1, 0.15) is 4.91 Å². The number of hydrogen-bond donors (Lipinski definition) is 1. The normalized spacial score (nSPS) is 12.4. The standard InChI is InChI=1S/C18H16O3S/c1-3-14-10-8-9-13-17(14)16(4-2)18(22(19,20)21)15-11-6-5-7-12-15/h3-13H,1-2H2,(H,19,20,21). The van der Waals surface area contributed by atoms with Gasteiger partial charge >= 0.3 is 0 Å². The second kappa shape index (κ2) is 6.56. The Morgan fingerprint density at radius 2 is 1.55 bits per heavy atom. The summed E-state index contributed by atoms with van der Waals surface area (Å²) >= 11 is 0. The minimum atomic E-state index is -4.43. The predicted octanol–water partition coefficient (Wildman–Crippen LogP) is 4.27. The number of allylic oxidation sites excluding steroid dienone is 2. The van der Waals surface area contributed by atoms with Crippen molar-refractivity contribution >= 4 is 26.7 Å². The maximum atomic E-state index is 11.9. The van der Waals surface area contributed by atoms with Crippen molar-refractivity contribution in [1.82, 2.24) is 0 Å². The van der Waals surface area contributed by atoms with Crippen molar-refractivity contribution in [2.45, 2.75) is 0 Å². The summed E-state index contributed by atoms with van der Waals surface area (Å²) in [6, 6.07) is 15.7. The van der Waals surface area contributed by atoms with Gasteiger partial charge in [0.25, 0.3) is 10.1 Å². The molecule has 0 unspecified atom stereocenters. The van der Waals surface area contributed by atoms with Gasteiger partial charge in [-0.3, -0.25) is 4.55 Å². The van der Waals surface area contributed by atoms with Gasteiger partial charge in [-0.15, -0.1) is 0 Å². The van der Waals surface area contributed by atoms with Crippen LogP contribution in [0, 0.1) is 0 Å². The molecular formula is C18H16O3S. The van der Waals surface area contributed by atoms with Crippen molar-refractivity contribution in [2.75, 3.05) is 0 Å². The van der Waals surface area contributed by atoms with Gasteiger partial charge in [0, 0.05) is 5.57 Å². The van der Waals surface area contributed by atoms with Crippen molar-refractivity contribution in [3.63, 3.8) is 0 Å². The molecule has 1 N–H and O–H groups in total. The van der Waals surface area contributed by atoms with Crippen molar-refractivity contribution < 1.29 is 13.0 Å². The Morgan fingerprint density at radius 1 is 0.955 bits per heavy atom. The first-order chi connectivity index (χ1) is 10.5. The van der Waals surface area contributed by atoms with E-state index in [0.29, 0.717) is 16.7 Å². The second-order valence-electron chi connectivity index (χ2n) is 4.58.